The third kappa shape index (κ3) is 3.72. The van der Waals surface area contributed by atoms with E-state index in [4.69, 9.17) is 4.74 Å². The first kappa shape index (κ1) is 14.4. The first-order chi connectivity index (χ1) is 8.91. The summed E-state index contributed by atoms with van der Waals surface area (Å²) in [5.74, 6) is 1.43. The standard InChI is InChI=1S/C15H20BrNO2/c1-15(2,16)14(18)17-13(10-4-5-10)11-6-8-12(19-3)9-7-11/h6-10,13H,4-5H2,1-3H3,(H,17,18). The predicted octanol–water partition coefficient (Wildman–Crippen LogP) is 3.44. The van der Waals surface area contributed by atoms with Crippen LogP contribution in [0.4, 0.5) is 0 Å². The van der Waals surface area contributed by atoms with E-state index in [1.165, 1.54) is 12.8 Å². The zero-order valence-corrected chi connectivity index (χ0v) is 13.2. The van der Waals surface area contributed by atoms with Crippen LogP contribution >= 0.6 is 15.9 Å². The van der Waals surface area contributed by atoms with E-state index in [0.717, 1.165) is 11.3 Å². The van der Waals surface area contributed by atoms with E-state index in [9.17, 15) is 4.79 Å². The number of ether oxygens (including phenoxy) is 1. The Labute approximate surface area is 122 Å². The van der Waals surface area contributed by atoms with Crippen LogP contribution in [0.25, 0.3) is 0 Å². The third-order valence-electron chi connectivity index (χ3n) is 3.39. The fraction of sp³-hybridized carbons (Fsp3) is 0.533. The summed E-state index contributed by atoms with van der Waals surface area (Å²) < 4.78 is 4.63. The fourth-order valence-corrected chi connectivity index (χ4v) is 2.14. The summed E-state index contributed by atoms with van der Waals surface area (Å²) in [6.45, 7) is 3.72. The van der Waals surface area contributed by atoms with Gasteiger partial charge in [-0.05, 0) is 50.3 Å². The number of carbonyl (C=O) groups excluding carboxylic acids is 1. The first-order valence-corrected chi connectivity index (χ1v) is 7.35. The van der Waals surface area contributed by atoms with E-state index in [2.05, 4.69) is 21.2 Å². The Morgan fingerprint density at radius 2 is 1.95 bits per heavy atom. The number of hydrogen-bond acceptors (Lipinski definition) is 2. The Kier molecular flexibility index (Phi) is 4.19. The van der Waals surface area contributed by atoms with Gasteiger partial charge in [0.05, 0.1) is 17.5 Å². The Morgan fingerprint density at radius 1 is 1.37 bits per heavy atom. The van der Waals surface area contributed by atoms with Gasteiger partial charge in [-0.3, -0.25) is 4.79 Å². The molecule has 1 aromatic carbocycles. The summed E-state index contributed by atoms with van der Waals surface area (Å²) in [6.07, 6.45) is 2.36. The number of amides is 1. The SMILES string of the molecule is COc1ccc(C(NC(=O)C(C)(C)Br)C2CC2)cc1. The highest BCUT2D eigenvalue weighted by Gasteiger charge is 2.36. The van der Waals surface area contributed by atoms with Crippen molar-refractivity contribution in [1.82, 2.24) is 5.32 Å². The van der Waals surface area contributed by atoms with Crippen LogP contribution in [-0.2, 0) is 4.79 Å². The van der Waals surface area contributed by atoms with Gasteiger partial charge in [0.15, 0.2) is 0 Å². The highest BCUT2D eigenvalue weighted by molar-refractivity contribution is 9.10. The minimum Gasteiger partial charge on any atom is -0.497 e. The molecule has 1 fully saturated rings. The van der Waals surface area contributed by atoms with Gasteiger partial charge in [-0.2, -0.15) is 0 Å². The maximum Gasteiger partial charge on any atom is 0.236 e. The molecule has 1 saturated carbocycles. The van der Waals surface area contributed by atoms with E-state index >= 15 is 0 Å². The number of alkyl halides is 1. The maximum atomic E-state index is 12.1. The van der Waals surface area contributed by atoms with Gasteiger partial charge in [0.1, 0.15) is 5.75 Å². The lowest BCUT2D eigenvalue weighted by molar-refractivity contribution is -0.123. The highest BCUT2D eigenvalue weighted by atomic mass is 79.9. The van der Waals surface area contributed by atoms with E-state index in [1.54, 1.807) is 7.11 Å². The second kappa shape index (κ2) is 5.53. The second-order valence-corrected chi connectivity index (χ2v) is 7.52. The molecule has 1 aromatic rings. The van der Waals surface area contributed by atoms with Gasteiger partial charge in [-0.15, -0.1) is 0 Å². The van der Waals surface area contributed by atoms with Crippen molar-refractivity contribution in [3.63, 3.8) is 0 Å². The molecule has 2 rings (SSSR count). The van der Waals surface area contributed by atoms with Gasteiger partial charge < -0.3 is 10.1 Å². The molecule has 1 atom stereocenters. The highest BCUT2D eigenvalue weighted by Crippen LogP contribution is 2.41. The van der Waals surface area contributed by atoms with Crippen molar-refractivity contribution < 1.29 is 9.53 Å². The van der Waals surface area contributed by atoms with E-state index in [0.29, 0.717) is 5.92 Å². The minimum atomic E-state index is -0.535. The Morgan fingerprint density at radius 3 is 2.37 bits per heavy atom. The molecule has 104 valence electrons. The molecule has 1 N–H and O–H groups in total. The smallest absolute Gasteiger partial charge is 0.236 e. The lowest BCUT2D eigenvalue weighted by atomic mass is 10.0. The zero-order valence-electron chi connectivity index (χ0n) is 11.6. The summed E-state index contributed by atoms with van der Waals surface area (Å²) in [4.78, 5) is 12.1. The van der Waals surface area contributed by atoms with Crippen molar-refractivity contribution in [2.75, 3.05) is 7.11 Å². The molecule has 1 unspecified atom stereocenters. The molecule has 3 nitrogen and oxygen atoms in total. The summed E-state index contributed by atoms with van der Waals surface area (Å²) >= 11 is 3.41. The van der Waals surface area contributed by atoms with Crippen LogP contribution in [0.1, 0.15) is 38.3 Å². The molecule has 0 aromatic heterocycles. The molecule has 0 saturated heterocycles. The number of carbonyl (C=O) groups is 1. The fourth-order valence-electron chi connectivity index (χ4n) is 2.03. The number of hydrogen-bond donors (Lipinski definition) is 1. The summed E-state index contributed by atoms with van der Waals surface area (Å²) in [6, 6.07) is 8.05. The van der Waals surface area contributed by atoms with Crippen molar-refractivity contribution in [2.45, 2.75) is 37.1 Å². The summed E-state index contributed by atoms with van der Waals surface area (Å²) in [7, 11) is 1.66. The number of halogens is 1. The molecular formula is C15H20BrNO2. The lowest BCUT2D eigenvalue weighted by Crippen LogP contribution is -2.40. The number of nitrogens with one attached hydrogen (secondary N) is 1. The van der Waals surface area contributed by atoms with Crippen molar-refractivity contribution in [1.29, 1.82) is 0 Å². The molecule has 0 heterocycles. The van der Waals surface area contributed by atoms with Crippen LogP contribution < -0.4 is 10.1 Å². The Hall–Kier alpha value is -1.03. The van der Waals surface area contributed by atoms with Gasteiger partial charge in [0, 0.05) is 0 Å². The van der Waals surface area contributed by atoms with Crippen LogP contribution in [0.2, 0.25) is 0 Å². The molecule has 4 heteroatoms. The molecule has 0 spiro atoms. The lowest BCUT2D eigenvalue weighted by Gasteiger charge is -2.23. The summed E-state index contributed by atoms with van der Waals surface area (Å²) in [5, 5.41) is 3.15. The van der Waals surface area contributed by atoms with Crippen LogP contribution in [-0.4, -0.2) is 17.3 Å². The number of rotatable bonds is 5. The van der Waals surface area contributed by atoms with Crippen LogP contribution in [0.15, 0.2) is 24.3 Å². The third-order valence-corrected chi connectivity index (χ3v) is 3.75. The number of benzene rings is 1. The average molecular weight is 326 g/mol. The molecule has 19 heavy (non-hydrogen) atoms. The molecule has 0 aliphatic heterocycles. The maximum absolute atomic E-state index is 12.1. The van der Waals surface area contributed by atoms with Crippen molar-refractivity contribution in [3.8, 4) is 5.75 Å². The normalized spacial score (nSPS) is 16.8. The van der Waals surface area contributed by atoms with Crippen LogP contribution in [0, 0.1) is 5.92 Å². The molecule has 1 amide bonds. The van der Waals surface area contributed by atoms with E-state index in [1.807, 2.05) is 38.1 Å². The molecule has 0 bridgehead atoms. The van der Waals surface area contributed by atoms with E-state index in [-0.39, 0.29) is 11.9 Å². The molecule has 0 radical (unpaired) electrons. The monoisotopic (exact) mass is 325 g/mol. The van der Waals surface area contributed by atoms with Crippen LogP contribution in [0.5, 0.6) is 5.75 Å². The Bertz CT molecular complexity index is 446. The van der Waals surface area contributed by atoms with Crippen LogP contribution in [0.3, 0.4) is 0 Å². The van der Waals surface area contributed by atoms with Gasteiger partial charge in [0.2, 0.25) is 5.91 Å². The Balaban J connectivity index is 2.13. The van der Waals surface area contributed by atoms with E-state index < -0.39 is 4.32 Å². The largest absolute Gasteiger partial charge is 0.497 e. The average Bonchev–Trinajstić information content (AvgIpc) is 3.19. The summed E-state index contributed by atoms with van der Waals surface area (Å²) in [5.41, 5.74) is 1.15. The molecule has 1 aliphatic carbocycles. The second-order valence-electron chi connectivity index (χ2n) is 5.53. The van der Waals surface area contributed by atoms with Crippen molar-refractivity contribution in [3.05, 3.63) is 29.8 Å². The molecule has 1 aliphatic rings. The minimum absolute atomic E-state index is 0.0280. The topological polar surface area (TPSA) is 38.3 Å². The van der Waals surface area contributed by atoms with Crippen molar-refractivity contribution in [2.24, 2.45) is 5.92 Å². The van der Waals surface area contributed by atoms with Crippen molar-refractivity contribution >= 4 is 21.8 Å². The van der Waals surface area contributed by atoms with Gasteiger partial charge in [0.25, 0.3) is 0 Å². The number of methoxy groups -OCH3 is 1. The zero-order chi connectivity index (χ0) is 14.0. The van der Waals surface area contributed by atoms with Gasteiger partial charge in [-0.1, -0.05) is 28.1 Å². The molecular weight excluding hydrogens is 306 g/mol. The first-order valence-electron chi connectivity index (χ1n) is 6.55. The predicted molar refractivity (Wildman–Crippen MR) is 79.6 cm³/mol. The van der Waals surface area contributed by atoms with Gasteiger partial charge in [-0.25, -0.2) is 0 Å². The quantitative estimate of drug-likeness (QED) is 0.842. The van der Waals surface area contributed by atoms with Gasteiger partial charge >= 0.3 is 0 Å².